The lowest BCUT2D eigenvalue weighted by Gasteiger charge is -2.27. The molecule has 0 amide bonds. The summed E-state index contributed by atoms with van der Waals surface area (Å²) >= 11 is 5.77. The van der Waals surface area contributed by atoms with Crippen LogP contribution >= 0.6 is 12.2 Å². The lowest BCUT2D eigenvalue weighted by molar-refractivity contribution is 0.786. The highest BCUT2D eigenvalue weighted by molar-refractivity contribution is 7.80. The summed E-state index contributed by atoms with van der Waals surface area (Å²) in [6.07, 6.45) is 2.39. The van der Waals surface area contributed by atoms with Crippen molar-refractivity contribution in [3.05, 3.63) is 65.2 Å². The highest BCUT2D eigenvalue weighted by Gasteiger charge is 2.37. The van der Waals surface area contributed by atoms with Gasteiger partial charge in [-0.05, 0) is 29.5 Å². The van der Waals surface area contributed by atoms with Gasteiger partial charge in [-0.25, -0.2) is 0 Å². The molecule has 94 valence electrons. The molecule has 0 spiro atoms. The molecule has 0 bridgehead atoms. The maximum atomic E-state index is 5.77. The third-order valence-electron chi connectivity index (χ3n) is 4.21. The van der Waals surface area contributed by atoms with Crippen molar-refractivity contribution in [2.45, 2.75) is 18.8 Å². The Labute approximate surface area is 118 Å². The van der Waals surface area contributed by atoms with E-state index in [9.17, 15) is 0 Å². The van der Waals surface area contributed by atoms with E-state index in [-0.39, 0.29) is 5.92 Å². The molecule has 2 aliphatic rings. The summed E-state index contributed by atoms with van der Waals surface area (Å²) in [6.45, 7) is 1.08. The molecule has 0 saturated heterocycles. The van der Waals surface area contributed by atoms with Crippen LogP contribution in [0.2, 0.25) is 0 Å². The van der Waals surface area contributed by atoms with Crippen molar-refractivity contribution in [1.29, 1.82) is 0 Å². The minimum Gasteiger partial charge on any atom is -0.335 e. The zero-order chi connectivity index (χ0) is 12.8. The second-order valence-corrected chi connectivity index (χ2v) is 5.71. The standard InChI is InChI=1S/C17H15NS/c19-17-15(12-6-2-1-3-7-12)14-10-4-8-13-9-5-11-18(17)16(13)14/h1-4,6-8,10,15H,5,9,11H2. The Balaban J connectivity index is 1.93. The summed E-state index contributed by atoms with van der Waals surface area (Å²) in [6, 6.07) is 17.3. The first-order chi connectivity index (χ1) is 9.36. The lowest BCUT2D eigenvalue weighted by atomic mass is 9.91. The van der Waals surface area contributed by atoms with E-state index in [0.29, 0.717) is 0 Å². The zero-order valence-corrected chi connectivity index (χ0v) is 11.5. The zero-order valence-electron chi connectivity index (χ0n) is 10.7. The van der Waals surface area contributed by atoms with Crippen LogP contribution in [0.4, 0.5) is 5.69 Å². The smallest absolute Gasteiger partial charge is 0.0945 e. The van der Waals surface area contributed by atoms with Gasteiger partial charge in [0, 0.05) is 12.2 Å². The third kappa shape index (κ3) is 1.56. The van der Waals surface area contributed by atoms with Crippen LogP contribution in [0, 0.1) is 0 Å². The quantitative estimate of drug-likeness (QED) is 0.719. The Morgan fingerprint density at radius 2 is 1.84 bits per heavy atom. The van der Waals surface area contributed by atoms with Crippen LogP contribution < -0.4 is 4.90 Å². The topological polar surface area (TPSA) is 3.24 Å². The van der Waals surface area contributed by atoms with Gasteiger partial charge in [-0.2, -0.15) is 0 Å². The highest BCUT2D eigenvalue weighted by atomic mass is 32.1. The fourth-order valence-corrected chi connectivity index (χ4v) is 3.84. The van der Waals surface area contributed by atoms with Crippen LogP contribution in [0.25, 0.3) is 0 Å². The number of para-hydroxylation sites is 1. The number of rotatable bonds is 1. The molecule has 0 aliphatic carbocycles. The number of anilines is 1. The van der Waals surface area contributed by atoms with E-state index >= 15 is 0 Å². The molecule has 1 unspecified atom stereocenters. The van der Waals surface area contributed by atoms with Gasteiger partial charge >= 0.3 is 0 Å². The van der Waals surface area contributed by atoms with Crippen molar-refractivity contribution in [1.82, 2.24) is 0 Å². The number of aryl methyl sites for hydroxylation is 1. The molecule has 2 heteroatoms. The maximum absolute atomic E-state index is 5.77. The second kappa shape index (κ2) is 4.17. The Morgan fingerprint density at radius 3 is 2.68 bits per heavy atom. The van der Waals surface area contributed by atoms with Crippen molar-refractivity contribution in [2.75, 3.05) is 11.4 Å². The fraction of sp³-hybridized carbons (Fsp3) is 0.235. The average Bonchev–Trinajstić information content (AvgIpc) is 2.76. The van der Waals surface area contributed by atoms with Gasteiger partial charge in [-0.15, -0.1) is 0 Å². The molecule has 2 aromatic carbocycles. The number of benzene rings is 2. The molecule has 2 heterocycles. The Hall–Kier alpha value is -1.67. The molecule has 2 aliphatic heterocycles. The van der Waals surface area contributed by atoms with Gasteiger partial charge in [0.05, 0.1) is 10.9 Å². The average molecular weight is 265 g/mol. The van der Waals surface area contributed by atoms with Gasteiger partial charge in [-0.1, -0.05) is 60.7 Å². The van der Waals surface area contributed by atoms with E-state index in [2.05, 4.69) is 53.4 Å². The van der Waals surface area contributed by atoms with Gasteiger partial charge in [-0.3, -0.25) is 0 Å². The number of thiocarbonyl (C=S) groups is 1. The maximum Gasteiger partial charge on any atom is 0.0945 e. The third-order valence-corrected chi connectivity index (χ3v) is 4.66. The van der Waals surface area contributed by atoms with E-state index in [1.54, 1.807) is 0 Å². The van der Waals surface area contributed by atoms with Gasteiger partial charge in [0.25, 0.3) is 0 Å². The van der Waals surface area contributed by atoms with Crippen LogP contribution in [0.15, 0.2) is 48.5 Å². The van der Waals surface area contributed by atoms with Gasteiger partial charge in [0.15, 0.2) is 0 Å². The van der Waals surface area contributed by atoms with Gasteiger partial charge in [0.1, 0.15) is 0 Å². The largest absolute Gasteiger partial charge is 0.335 e. The molecule has 4 rings (SSSR count). The molecule has 0 aromatic heterocycles. The summed E-state index contributed by atoms with van der Waals surface area (Å²) in [4.78, 5) is 3.44. The summed E-state index contributed by atoms with van der Waals surface area (Å²) in [5.74, 6) is 0.268. The molecular formula is C17H15NS. The molecule has 1 nitrogen and oxygen atoms in total. The number of hydrogen-bond donors (Lipinski definition) is 0. The first-order valence-corrected chi connectivity index (χ1v) is 7.25. The highest BCUT2D eigenvalue weighted by Crippen LogP contribution is 2.45. The molecule has 0 fully saturated rings. The fourth-order valence-electron chi connectivity index (χ4n) is 3.39. The monoisotopic (exact) mass is 265 g/mol. The SMILES string of the molecule is S=C1C(c2ccccc2)c2cccc3c2N1CCC3. The van der Waals surface area contributed by atoms with E-state index < -0.39 is 0 Å². The minimum absolute atomic E-state index is 0.268. The number of hydrogen-bond acceptors (Lipinski definition) is 1. The predicted molar refractivity (Wildman–Crippen MR) is 83.0 cm³/mol. The Kier molecular flexibility index (Phi) is 2.46. The normalized spacial score (nSPS) is 20.5. The van der Waals surface area contributed by atoms with E-state index in [1.807, 2.05) is 0 Å². The first-order valence-electron chi connectivity index (χ1n) is 6.84. The van der Waals surface area contributed by atoms with Crippen molar-refractivity contribution in [2.24, 2.45) is 0 Å². The lowest BCUT2D eigenvalue weighted by Crippen LogP contribution is -2.31. The van der Waals surface area contributed by atoms with Gasteiger partial charge < -0.3 is 4.90 Å². The van der Waals surface area contributed by atoms with Crippen LogP contribution in [0.1, 0.15) is 29.0 Å². The van der Waals surface area contributed by atoms with Crippen LogP contribution in [-0.2, 0) is 6.42 Å². The molecule has 1 atom stereocenters. The Bertz CT molecular complexity index is 648. The molecule has 2 aromatic rings. The number of nitrogens with zero attached hydrogens (tertiary/aromatic N) is 1. The summed E-state index contributed by atoms with van der Waals surface area (Å²) in [7, 11) is 0. The van der Waals surface area contributed by atoms with Crippen molar-refractivity contribution in [3.8, 4) is 0 Å². The van der Waals surface area contributed by atoms with Crippen molar-refractivity contribution < 1.29 is 0 Å². The minimum atomic E-state index is 0.268. The molecule has 0 saturated carbocycles. The summed E-state index contributed by atoms with van der Waals surface area (Å²) in [5.41, 5.74) is 5.57. The van der Waals surface area contributed by atoms with E-state index in [0.717, 1.165) is 11.5 Å². The van der Waals surface area contributed by atoms with E-state index in [1.165, 1.54) is 35.2 Å². The van der Waals surface area contributed by atoms with Crippen molar-refractivity contribution in [3.63, 3.8) is 0 Å². The summed E-state index contributed by atoms with van der Waals surface area (Å²) < 4.78 is 0. The molecule has 0 radical (unpaired) electrons. The second-order valence-electron chi connectivity index (χ2n) is 5.29. The molecule has 0 N–H and O–H groups in total. The van der Waals surface area contributed by atoms with E-state index in [4.69, 9.17) is 12.2 Å². The van der Waals surface area contributed by atoms with Crippen LogP contribution in [0.3, 0.4) is 0 Å². The summed E-state index contributed by atoms with van der Waals surface area (Å²) in [5, 5.41) is 0. The molecular weight excluding hydrogens is 250 g/mol. The predicted octanol–water partition coefficient (Wildman–Crippen LogP) is 3.91. The Morgan fingerprint density at radius 1 is 1.00 bits per heavy atom. The van der Waals surface area contributed by atoms with Gasteiger partial charge in [0.2, 0.25) is 0 Å². The first kappa shape index (κ1) is 11.2. The molecule has 19 heavy (non-hydrogen) atoms. The van der Waals surface area contributed by atoms with Crippen molar-refractivity contribution >= 4 is 22.9 Å². The van der Waals surface area contributed by atoms with Crippen LogP contribution in [-0.4, -0.2) is 11.5 Å². The van der Waals surface area contributed by atoms with Crippen LogP contribution in [0.5, 0.6) is 0 Å².